The van der Waals surface area contributed by atoms with Crippen molar-refractivity contribution in [2.45, 2.75) is 18.9 Å². The Hall–Kier alpha value is -2.74. The molecule has 1 aromatic carbocycles. The number of carbonyl (C=O) groups excluding carboxylic acids is 1. The Balaban J connectivity index is 1.56. The molecule has 1 aliphatic heterocycles. The standard InChI is InChI=1S/C16H15N3O4S/c20-16(17-8-7-11-4-3-9-24-11)15-10-13(18-23-15)12-5-1-2-6-14(12)19(21)22/h1-6,9,15H,7-8,10H2,(H,17,20). The van der Waals surface area contributed by atoms with Gasteiger partial charge < -0.3 is 10.2 Å². The SMILES string of the molecule is O=C(NCCc1cccs1)C1CC(c2ccccc2[N+](=O)[O-])=NO1. The molecule has 0 radical (unpaired) electrons. The second kappa shape index (κ2) is 7.22. The van der Waals surface area contributed by atoms with Crippen molar-refractivity contribution in [3.63, 3.8) is 0 Å². The highest BCUT2D eigenvalue weighted by atomic mass is 32.1. The fourth-order valence-corrected chi connectivity index (χ4v) is 3.14. The average molecular weight is 345 g/mol. The first kappa shape index (κ1) is 16.1. The molecular weight excluding hydrogens is 330 g/mol. The second-order valence-corrected chi connectivity index (χ2v) is 6.26. The van der Waals surface area contributed by atoms with E-state index >= 15 is 0 Å². The van der Waals surface area contributed by atoms with Crippen LogP contribution in [0.15, 0.2) is 46.9 Å². The maximum atomic E-state index is 12.1. The van der Waals surface area contributed by atoms with Gasteiger partial charge in [-0.15, -0.1) is 11.3 Å². The molecule has 0 fully saturated rings. The van der Waals surface area contributed by atoms with Crippen LogP contribution in [0.4, 0.5) is 5.69 Å². The highest BCUT2D eigenvalue weighted by molar-refractivity contribution is 7.09. The number of nitrogens with one attached hydrogen (secondary N) is 1. The monoisotopic (exact) mass is 345 g/mol. The fourth-order valence-electron chi connectivity index (χ4n) is 2.43. The Labute approximate surface area is 142 Å². The Morgan fingerprint density at radius 3 is 2.96 bits per heavy atom. The van der Waals surface area contributed by atoms with E-state index in [1.54, 1.807) is 29.5 Å². The number of amides is 1. The lowest BCUT2D eigenvalue weighted by Gasteiger charge is -2.08. The highest BCUT2D eigenvalue weighted by Gasteiger charge is 2.31. The van der Waals surface area contributed by atoms with E-state index in [0.717, 1.165) is 6.42 Å². The van der Waals surface area contributed by atoms with Crippen LogP contribution < -0.4 is 5.32 Å². The van der Waals surface area contributed by atoms with Crippen LogP contribution in [0.3, 0.4) is 0 Å². The number of nitro benzene ring substituents is 1. The molecule has 0 aliphatic carbocycles. The molecule has 0 saturated carbocycles. The minimum atomic E-state index is -0.747. The third-order valence-corrected chi connectivity index (χ3v) is 4.56. The van der Waals surface area contributed by atoms with E-state index in [-0.39, 0.29) is 18.0 Å². The number of nitrogens with zero attached hydrogens (tertiary/aromatic N) is 2. The van der Waals surface area contributed by atoms with Crippen molar-refractivity contribution >= 4 is 28.6 Å². The first-order valence-corrected chi connectivity index (χ1v) is 8.29. The van der Waals surface area contributed by atoms with Crippen LogP contribution >= 0.6 is 11.3 Å². The molecule has 0 spiro atoms. The summed E-state index contributed by atoms with van der Waals surface area (Å²) in [7, 11) is 0. The van der Waals surface area contributed by atoms with Gasteiger partial charge in [-0.25, -0.2) is 0 Å². The number of rotatable bonds is 6. The summed E-state index contributed by atoms with van der Waals surface area (Å²) in [5.74, 6) is -0.260. The van der Waals surface area contributed by atoms with Crippen molar-refractivity contribution < 1.29 is 14.6 Å². The van der Waals surface area contributed by atoms with E-state index in [1.165, 1.54) is 10.9 Å². The number of oxime groups is 1. The predicted molar refractivity (Wildman–Crippen MR) is 90.2 cm³/mol. The van der Waals surface area contributed by atoms with Crippen LogP contribution in [0.2, 0.25) is 0 Å². The number of nitro groups is 1. The second-order valence-electron chi connectivity index (χ2n) is 5.23. The van der Waals surface area contributed by atoms with E-state index in [0.29, 0.717) is 17.8 Å². The molecule has 1 aromatic heterocycles. The van der Waals surface area contributed by atoms with E-state index < -0.39 is 11.0 Å². The molecule has 2 heterocycles. The van der Waals surface area contributed by atoms with Gasteiger partial charge in [-0.1, -0.05) is 23.4 Å². The van der Waals surface area contributed by atoms with Gasteiger partial charge in [-0.3, -0.25) is 14.9 Å². The molecule has 1 aliphatic rings. The third-order valence-electron chi connectivity index (χ3n) is 3.62. The number of carbonyl (C=O) groups is 1. The van der Waals surface area contributed by atoms with Gasteiger partial charge in [0.15, 0.2) is 0 Å². The molecule has 124 valence electrons. The lowest BCUT2D eigenvalue weighted by Crippen LogP contribution is -2.35. The predicted octanol–water partition coefficient (Wildman–Crippen LogP) is 2.51. The average Bonchev–Trinajstić information content (AvgIpc) is 3.26. The fraction of sp³-hybridized carbons (Fsp3) is 0.250. The van der Waals surface area contributed by atoms with Gasteiger partial charge in [0.1, 0.15) is 0 Å². The first-order valence-electron chi connectivity index (χ1n) is 7.41. The first-order chi connectivity index (χ1) is 11.6. The summed E-state index contributed by atoms with van der Waals surface area (Å²) in [6.07, 6.45) is 0.229. The van der Waals surface area contributed by atoms with Gasteiger partial charge in [0, 0.05) is 23.9 Å². The third kappa shape index (κ3) is 3.60. The van der Waals surface area contributed by atoms with Crippen molar-refractivity contribution in [1.82, 2.24) is 5.32 Å². The van der Waals surface area contributed by atoms with Crippen LogP contribution in [0.25, 0.3) is 0 Å². The largest absolute Gasteiger partial charge is 0.382 e. The van der Waals surface area contributed by atoms with Crippen molar-refractivity contribution in [2.75, 3.05) is 6.54 Å². The van der Waals surface area contributed by atoms with Crippen molar-refractivity contribution in [2.24, 2.45) is 5.16 Å². The number of para-hydroxylation sites is 1. The number of thiophene rings is 1. The van der Waals surface area contributed by atoms with Crippen LogP contribution in [0.1, 0.15) is 16.9 Å². The van der Waals surface area contributed by atoms with E-state index in [9.17, 15) is 14.9 Å². The van der Waals surface area contributed by atoms with Gasteiger partial charge in [0.2, 0.25) is 6.10 Å². The minimum absolute atomic E-state index is 0.0430. The van der Waals surface area contributed by atoms with Gasteiger partial charge in [0.25, 0.3) is 11.6 Å². The summed E-state index contributed by atoms with van der Waals surface area (Å²) < 4.78 is 0. The molecule has 1 atom stereocenters. The Morgan fingerprint density at radius 2 is 2.21 bits per heavy atom. The maximum Gasteiger partial charge on any atom is 0.278 e. The van der Waals surface area contributed by atoms with E-state index in [1.807, 2.05) is 17.5 Å². The molecule has 0 bridgehead atoms. The molecule has 24 heavy (non-hydrogen) atoms. The zero-order valence-corrected chi connectivity index (χ0v) is 13.5. The molecule has 1 N–H and O–H groups in total. The summed E-state index contributed by atoms with van der Waals surface area (Å²) in [6.45, 7) is 0.514. The van der Waals surface area contributed by atoms with Gasteiger partial charge in [0.05, 0.1) is 16.2 Å². The zero-order chi connectivity index (χ0) is 16.9. The molecule has 8 heteroatoms. The van der Waals surface area contributed by atoms with E-state index in [4.69, 9.17) is 4.84 Å². The van der Waals surface area contributed by atoms with Crippen LogP contribution in [0, 0.1) is 10.1 Å². The Kier molecular flexibility index (Phi) is 4.85. The quantitative estimate of drug-likeness (QED) is 0.643. The van der Waals surface area contributed by atoms with Crippen molar-refractivity contribution in [3.8, 4) is 0 Å². The molecular formula is C16H15N3O4S. The maximum absolute atomic E-state index is 12.1. The molecule has 7 nitrogen and oxygen atoms in total. The summed E-state index contributed by atoms with van der Waals surface area (Å²) in [4.78, 5) is 29.1. The Morgan fingerprint density at radius 1 is 1.38 bits per heavy atom. The smallest absolute Gasteiger partial charge is 0.278 e. The Bertz CT molecular complexity index is 773. The molecule has 1 unspecified atom stereocenters. The highest BCUT2D eigenvalue weighted by Crippen LogP contribution is 2.24. The summed E-state index contributed by atoms with van der Waals surface area (Å²) in [6, 6.07) is 10.3. The van der Waals surface area contributed by atoms with Crippen LogP contribution in [-0.2, 0) is 16.1 Å². The normalized spacial score (nSPS) is 16.3. The minimum Gasteiger partial charge on any atom is -0.382 e. The summed E-state index contributed by atoms with van der Waals surface area (Å²) in [5.41, 5.74) is 0.760. The number of benzene rings is 1. The van der Waals surface area contributed by atoms with Gasteiger partial charge in [-0.05, 0) is 23.9 Å². The number of hydrogen-bond acceptors (Lipinski definition) is 6. The zero-order valence-electron chi connectivity index (χ0n) is 12.7. The van der Waals surface area contributed by atoms with E-state index in [2.05, 4.69) is 10.5 Å². The van der Waals surface area contributed by atoms with Crippen LogP contribution in [0.5, 0.6) is 0 Å². The lowest BCUT2D eigenvalue weighted by molar-refractivity contribution is -0.385. The molecule has 2 aromatic rings. The lowest BCUT2D eigenvalue weighted by atomic mass is 10.0. The molecule has 0 saturated heterocycles. The van der Waals surface area contributed by atoms with Crippen molar-refractivity contribution in [1.29, 1.82) is 0 Å². The number of hydrogen-bond donors (Lipinski definition) is 1. The molecule has 1 amide bonds. The van der Waals surface area contributed by atoms with Gasteiger partial charge in [-0.2, -0.15) is 0 Å². The summed E-state index contributed by atoms with van der Waals surface area (Å²) in [5, 5.41) is 19.7. The van der Waals surface area contributed by atoms with Gasteiger partial charge >= 0.3 is 0 Å². The van der Waals surface area contributed by atoms with Crippen molar-refractivity contribution in [3.05, 3.63) is 62.3 Å². The van der Waals surface area contributed by atoms with Crippen LogP contribution in [-0.4, -0.2) is 29.2 Å². The molecule has 3 rings (SSSR count). The topological polar surface area (TPSA) is 93.8 Å². The summed E-state index contributed by atoms with van der Waals surface area (Å²) >= 11 is 1.64.